The lowest BCUT2D eigenvalue weighted by atomic mass is 10.2. The summed E-state index contributed by atoms with van der Waals surface area (Å²) in [5.41, 5.74) is 1.19. The largest absolute Gasteiger partial charge is 0.486 e. The number of rotatable bonds is 4. The Balaban J connectivity index is 1.65. The first-order chi connectivity index (χ1) is 11.1. The van der Waals surface area contributed by atoms with E-state index in [0.717, 1.165) is 22.8 Å². The number of hydrogen-bond donors (Lipinski definition) is 0. The highest BCUT2D eigenvalue weighted by Gasteiger charge is 2.25. The number of aryl methyl sites for hydroxylation is 2. The van der Waals surface area contributed by atoms with Gasteiger partial charge in [-0.3, -0.25) is 4.79 Å². The van der Waals surface area contributed by atoms with Gasteiger partial charge in [0.25, 0.3) is 5.91 Å². The summed E-state index contributed by atoms with van der Waals surface area (Å²) in [6.45, 7) is 5.13. The molecule has 2 aromatic rings. The van der Waals surface area contributed by atoms with Crippen LogP contribution >= 0.6 is 11.3 Å². The van der Waals surface area contributed by atoms with Crippen LogP contribution in [0.2, 0.25) is 0 Å². The molecule has 122 valence electrons. The van der Waals surface area contributed by atoms with Crippen LogP contribution in [0.1, 0.15) is 27.0 Å². The molecule has 0 saturated carbocycles. The van der Waals surface area contributed by atoms with Gasteiger partial charge in [-0.2, -0.15) is 0 Å². The van der Waals surface area contributed by atoms with Gasteiger partial charge in [-0.1, -0.05) is 19.1 Å². The third-order valence-electron chi connectivity index (χ3n) is 3.94. The zero-order valence-electron chi connectivity index (χ0n) is 13.7. The number of ether oxygens (including phenoxy) is 2. The van der Waals surface area contributed by atoms with Gasteiger partial charge in [-0.05, 0) is 37.1 Å². The van der Waals surface area contributed by atoms with Crippen LogP contribution in [0.25, 0.3) is 0 Å². The molecule has 23 heavy (non-hydrogen) atoms. The van der Waals surface area contributed by atoms with Crippen molar-refractivity contribution in [2.45, 2.75) is 26.4 Å². The summed E-state index contributed by atoms with van der Waals surface area (Å²) in [7, 11) is 1.81. The van der Waals surface area contributed by atoms with Gasteiger partial charge in [-0.25, -0.2) is 0 Å². The van der Waals surface area contributed by atoms with Gasteiger partial charge in [0.05, 0.1) is 11.4 Å². The Hall–Kier alpha value is -2.01. The molecule has 1 aliphatic heterocycles. The van der Waals surface area contributed by atoms with E-state index >= 15 is 0 Å². The Morgan fingerprint density at radius 2 is 2.09 bits per heavy atom. The van der Waals surface area contributed by atoms with E-state index in [9.17, 15) is 4.79 Å². The molecular weight excluding hydrogens is 310 g/mol. The third kappa shape index (κ3) is 3.34. The fourth-order valence-electron chi connectivity index (χ4n) is 2.71. The van der Waals surface area contributed by atoms with Crippen molar-refractivity contribution < 1.29 is 14.3 Å². The fourth-order valence-corrected chi connectivity index (χ4v) is 3.81. The maximum atomic E-state index is 12.6. The van der Waals surface area contributed by atoms with Crippen LogP contribution in [0.15, 0.2) is 30.3 Å². The van der Waals surface area contributed by atoms with E-state index in [4.69, 9.17) is 9.47 Å². The number of likely N-dealkylation sites (N-methyl/N-ethyl adjacent to an activating group) is 1. The van der Waals surface area contributed by atoms with Gasteiger partial charge in [0, 0.05) is 11.9 Å². The molecule has 0 saturated heterocycles. The Morgan fingerprint density at radius 3 is 2.78 bits per heavy atom. The fraction of sp³-hybridized carbons (Fsp3) is 0.389. The van der Waals surface area contributed by atoms with Crippen LogP contribution in [0.3, 0.4) is 0 Å². The van der Waals surface area contributed by atoms with Crippen molar-refractivity contribution in [2.75, 3.05) is 20.2 Å². The van der Waals surface area contributed by atoms with Crippen molar-refractivity contribution in [3.63, 3.8) is 0 Å². The second kappa shape index (κ2) is 6.62. The van der Waals surface area contributed by atoms with E-state index in [1.165, 1.54) is 10.4 Å². The number of benzene rings is 1. The standard InChI is InChI=1S/C18H21NO3S/c1-4-16-12(2)9-17(23-16)18(20)19(3)10-13-11-21-14-7-5-6-8-15(14)22-13/h5-9,13H,4,10-11H2,1-3H3. The first-order valence-electron chi connectivity index (χ1n) is 7.81. The molecule has 2 heterocycles. The Labute approximate surface area is 140 Å². The third-order valence-corrected chi connectivity index (χ3v) is 5.31. The summed E-state index contributed by atoms with van der Waals surface area (Å²) >= 11 is 1.58. The highest BCUT2D eigenvalue weighted by atomic mass is 32.1. The zero-order valence-corrected chi connectivity index (χ0v) is 14.5. The maximum Gasteiger partial charge on any atom is 0.263 e. The first-order valence-corrected chi connectivity index (χ1v) is 8.63. The summed E-state index contributed by atoms with van der Waals surface area (Å²) in [6.07, 6.45) is 0.815. The van der Waals surface area contributed by atoms with E-state index in [1.807, 2.05) is 37.4 Å². The SMILES string of the molecule is CCc1sc(C(=O)N(C)CC2COc3ccccc3O2)cc1C. The lowest BCUT2D eigenvalue weighted by Gasteiger charge is -2.29. The van der Waals surface area contributed by atoms with E-state index in [-0.39, 0.29) is 12.0 Å². The predicted molar refractivity (Wildman–Crippen MR) is 91.7 cm³/mol. The van der Waals surface area contributed by atoms with Gasteiger partial charge < -0.3 is 14.4 Å². The average Bonchev–Trinajstić information content (AvgIpc) is 2.95. The van der Waals surface area contributed by atoms with Crippen LogP contribution in [-0.4, -0.2) is 37.1 Å². The molecule has 0 fully saturated rings. The number of fused-ring (bicyclic) bond motifs is 1. The lowest BCUT2D eigenvalue weighted by molar-refractivity contribution is 0.0524. The molecule has 0 radical (unpaired) electrons. The molecule has 3 rings (SSSR count). The maximum absolute atomic E-state index is 12.6. The second-order valence-corrected chi connectivity index (χ2v) is 6.89. The molecule has 4 nitrogen and oxygen atoms in total. The first kappa shape index (κ1) is 15.9. The van der Waals surface area contributed by atoms with E-state index in [1.54, 1.807) is 16.2 Å². The van der Waals surface area contributed by atoms with Crippen molar-refractivity contribution in [2.24, 2.45) is 0 Å². The summed E-state index contributed by atoms with van der Waals surface area (Å²) in [5.74, 6) is 1.55. The number of carbonyl (C=O) groups excluding carboxylic acids is 1. The monoisotopic (exact) mass is 331 g/mol. The molecule has 5 heteroatoms. The molecule has 0 spiro atoms. The quantitative estimate of drug-likeness (QED) is 0.860. The van der Waals surface area contributed by atoms with Crippen molar-refractivity contribution in [3.05, 3.63) is 45.6 Å². The number of amides is 1. The van der Waals surface area contributed by atoms with Crippen molar-refractivity contribution in [1.82, 2.24) is 4.90 Å². The molecule has 0 N–H and O–H groups in total. The Bertz CT molecular complexity index is 710. The minimum absolute atomic E-state index is 0.0419. The summed E-state index contributed by atoms with van der Waals surface area (Å²) < 4.78 is 11.6. The Morgan fingerprint density at radius 1 is 1.35 bits per heavy atom. The van der Waals surface area contributed by atoms with Gasteiger partial charge in [-0.15, -0.1) is 11.3 Å². The second-order valence-electron chi connectivity index (χ2n) is 5.75. The van der Waals surface area contributed by atoms with Gasteiger partial charge >= 0.3 is 0 Å². The molecule has 0 bridgehead atoms. The number of para-hydroxylation sites is 2. The van der Waals surface area contributed by atoms with Crippen LogP contribution < -0.4 is 9.47 Å². The minimum atomic E-state index is -0.148. The minimum Gasteiger partial charge on any atom is -0.486 e. The lowest BCUT2D eigenvalue weighted by Crippen LogP contribution is -2.41. The molecule has 1 atom stereocenters. The molecule has 0 aliphatic carbocycles. The summed E-state index contributed by atoms with van der Waals surface area (Å²) in [6, 6.07) is 9.60. The van der Waals surface area contributed by atoms with E-state index in [2.05, 4.69) is 13.8 Å². The number of nitrogens with zero attached hydrogens (tertiary/aromatic N) is 1. The highest BCUT2D eigenvalue weighted by molar-refractivity contribution is 7.14. The predicted octanol–water partition coefficient (Wildman–Crippen LogP) is 3.53. The van der Waals surface area contributed by atoms with Crippen LogP contribution in [0.5, 0.6) is 11.5 Å². The Kier molecular flexibility index (Phi) is 4.57. The molecule has 1 aromatic carbocycles. The van der Waals surface area contributed by atoms with E-state index in [0.29, 0.717) is 13.2 Å². The van der Waals surface area contributed by atoms with Gasteiger partial charge in [0.1, 0.15) is 6.61 Å². The van der Waals surface area contributed by atoms with Crippen LogP contribution in [0.4, 0.5) is 0 Å². The van der Waals surface area contributed by atoms with E-state index < -0.39 is 0 Å². The number of hydrogen-bond acceptors (Lipinski definition) is 4. The van der Waals surface area contributed by atoms with Gasteiger partial charge in [0.2, 0.25) is 0 Å². The topological polar surface area (TPSA) is 38.8 Å². The van der Waals surface area contributed by atoms with Gasteiger partial charge in [0.15, 0.2) is 17.6 Å². The van der Waals surface area contributed by atoms with Crippen LogP contribution in [-0.2, 0) is 6.42 Å². The van der Waals surface area contributed by atoms with Crippen molar-refractivity contribution in [3.8, 4) is 11.5 Å². The zero-order chi connectivity index (χ0) is 16.4. The summed E-state index contributed by atoms with van der Waals surface area (Å²) in [4.78, 5) is 16.4. The molecule has 1 unspecified atom stereocenters. The molecular formula is C18H21NO3S. The molecule has 1 aliphatic rings. The molecule has 1 aromatic heterocycles. The highest BCUT2D eigenvalue weighted by Crippen LogP contribution is 2.31. The number of thiophene rings is 1. The van der Waals surface area contributed by atoms with Crippen molar-refractivity contribution >= 4 is 17.2 Å². The van der Waals surface area contributed by atoms with Crippen LogP contribution in [0, 0.1) is 6.92 Å². The average molecular weight is 331 g/mol. The smallest absolute Gasteiger partial charge is 0.263 e. The number of carbonyl (C=O) groups is 1. The van der Waals surface area contributed by atoms with Crippen molar-refractivity contribution in [1.29, 1.82) is 0 Å². The normalized spacial score (nSPS) is 16.2. The summed E-state index contributed by atoms with van der Waals surface area (Å²) in [5, 5.41) is 0. The molecule has 1 amide bonds.